The predicted molar refractivity (Wildman–Crippen MR) is 114 cm³/mol. The van der Waals surface area contributed by atoms with Gasteiger partial charge in [0.1, 0.15) is 42.2 Å². The number of carbonyl (C=O) groups excluding carboxylic acids is 1. The highest BCUT2D eigenvalue weighted by atomic mass is 16.8. The quantitative estimate of drug-likeness (QED) is 0.173. The van der Waals surface area contributed by atoms with Crippen molar-refractivity contribution in [2.24, 2.45) is 11.8 Å². The number of phenolic OH excluding ortho intramolecular Hbond substituents is 1. The van der Waals surface area contributed by atoms with Gasteiger partial charge in [0.05, 0.1) is 38.1 Å². The van der Waals surface area contributed by atoms with E-state index in [2.05, 4.69) is 0 Å². The molecule has 5 rings (SSSR count). The molecule has 1 aromatic rings. The van der Waals surface area contributed by atoms with Crippen LogP contribution in [0.15, 0.2) is 30.5 Å². The van der Waals surface area contributed by atoms with E-state index in [9.17, 15) is 35.4 Å². The molecule has 1 saturated carbocycles. The van der Waals surface area contributed by atoms with E-state index in [1.54, 1.807) is 6.08 Å². The van der Waals surface area contributed by atoms with Gasteiger partial charge in [-0.1, -0.05) is 0 Å². The molecule has 13 nitrogen and oxygen atoms in total. The summed E-state index contributed by atoms with van der Waals surface area (Å²) in [6.07, 6.45) is -7.19. The molecule has 2 saturated heterocycles. The Morgan fingerprint density at radius 2 is 1.89 bits per heavy atom. The molecule has 4 aliphatic rings. The number of phenols is 1. The van der Waals surface area contributed by atoms with Crippen LogP contribution in [-0.4, -0.2) is 112 Å². The molecule has 0 amide bonds. The third-order valence-corrected chi connectivity index (χ3v) is 7.26. The number of benzene rings is 1. The summed E-state index contributed by atoms with van der Waals surface area (Å²) in [7, 11) is 1.35. The number of fused-ring (bicyclic) bond motifs is 3. The molecule has 36 heavy (non-hydrogen) atoms. The second kappa shape index (κ2) is 9.43. The van der Waals surface area contributed by atoms with Gasteiger partial charge < -0.3 is 59.1 Å². The van der Waals surface area contributed by atoms with Crippen LogP contribution in [0.2, 0.25) is 0 Å². The normalized spacial score (nSPS) is 42.7. The van der Waals surface area contributed by atoms with Crippen molar-refractivity contribution in [3.63, 3.8) is 0 Å². The van der Waals surface area contributed by atoms with E-state index in [0.717, 1.165) is 0 Å². The summed E-state index contributed by atoms with van der Waals surface area (Å²) >= 11 is 0. The Balaban J connectivity index is 1.35. The van der Waals surface area contributed by atoms with Crippen molar-refractivity contribution in [3.05, 3.63) is 36.1 Å². The van der Waals surface area contributed by atoms with E-state index in [1.807, 2.05) is 0 Å². The Morgan fingerprint density at radius 1 is 1.11 bits per heavy atom. The lowest BCUT2D eigenvalue weighted by molar-refractivity contribution is -0.344. The first-order valence-electron chi connectivity index (χ1n) is 11.4. The maximum atomic E-state index is 12.9. The highest BCUT2D eigenvalue weighted by Crippen LogP contribution is 2.60. The van der Waals surface area contributed by atoms with E-state index >= 15 is 0 Å². The van der Waals surface area contributed by atoms with Gasteiger partial charge >= 0.3 is 5.97 Å². The molecule has 3 aliphatic heterocycles. The molecule has 3 heterocycles. The van der Waals surface area contributed by atoms with Crippen LogP contribution in [0.5, 0.6) is 11.5 Å². The fourth-order valence-electron chi connectivity index (χ4n) is 5.28. The maximum Gasteiger partial charge on any atom is 0.338 e. The first-order chi connectivity index (χ1) is 17.2. The summed E-state index contributed by atoms with van der Waals surface area (Å²) in [5.74, 6) is -1.95. The molecule has 3 fully saturated rings. The van der Waals surface area contributed by atoms with Gasteiger partial charge in [0.2, 0.25) is 6.29 Å². The molecule has 0 radical (unpaired) electrons. The van der Waals surface area contributed by atoms with Crippen LogP contribution >= 0.6 is 0 Å². The Morgan fingerprint density at radius 3 is 2.58 bits per heavy atom. The van der Waals surface area contributed by atoms with Crippen LogP contribution in [0, 0.1) is 11.8 Å². The first kappa shape index (κ1) is 25.2. The van der Waals surface area contributed by atoms with Gasteiger partial charge in [-0.25, -0.2) is 4.79 Å². The average molecular weight is 512 g/mol. The molecular formula is C23H28O13. The van der Waals surface area contributed by atoms with Gasteiger partial charge in [-0.05, 0) is 24.3 Å². The number of esters is 1. The van der Waals surface area contributed by atoms with Crippen LogP contribution in [-0.2, 0) is 23.7 Å². The van der Waals surface area contributed by atoms with E-state index in [0.29, 0.717) is 0 Å². The largest absolute Gasteiger partial charge is 0.504 e. The highest BCUT2D eigenvalue weighted by molar-refractivity contribution is 5.90. The minimum atomic E-state index is -1.66. The lowest BCUT2D eigenvalue weighted by Crippen LogP contribution is -2.60. The van der Waals surface area contributed by atoms with Gasteiger partial charge in [0.25, 0.3) is 0 Å². The third kappa shape index (κ3) is 3.92. The lowest BCUT2D eigenvalue weighted by atomic mass is 9.85. The Hall–Kier alpha value is -2.49. The maximum absolute atomic E-state index is 12.9. The van der Waals surface area contributed by atoms with Gasteiger partial charge in [0, 0.05) is 5.92 Å². The molecule has 13 heteroatoms. The molecule has 0 aromatic heterocycles. The van der Waals surface area contributed by atoms with E-state index in [1.165, 1.54) is 31.6 Å². The number of carbonyl (C=O) groups is 1. The molecule has 198 valence electrons. The first-order valence-corrected chi connectivity index (χ1v) is 11.4. The van der Waals surface area contributed by atoms with Gasteiger partial charge in [-0.2, -0.15) is 0 Å². The van der Waals surface area contributed by atoms with Gasteiger partial charge in [-0.3, -0.25) is 0 Å². The van der Waals surface area contributed by atoms with Gasteiger partial charge in [0.15, 0.2) is 17.8 Å². The average Bonchev–Trinajstić information content (AvgIpc) is 3.56. The number of hydrogen-bond acceptors (Lipinski definition) is 13. The molecule has 0 spiro atoms. The van der Waals surface area contributed by atoms with Crippen molar-refractivity contribution in [2.45, 2.75) is 54.8 Å². The zero-order valence-corrected chi connectivity index (χ0v) is 19.1. The van der Waals surface area contributed by atoms with Crippen molar-refractivity contribution in [1.82, 2.24) is 0 Å². The number of epoxide rings is 1. The Bertz CT molecular complexity index is 1010. The van der Waals surface area contributed by atoms with Crippen molar-refractivity contribution in [2.75, 3.05) is 20.3 Å². The molecule has 6 N–H and O–H groups in total. The summed E-state index contributed by atoms with van der Waals surface area (Å²) in [6, 6.07) is 4.02. The van der Waals surface area contributed by atoms with E-state index < -0.39 is 85.8 Å². The topological polar surface area (TPSA) is 197 Å². The predicted octanol–water partition coefficient (Wildman–Crippen LogP) is -2.01. The Kier molecular flexibility index (Phi) is 6.59. The standard InChI is InChI=1S/C23H28O13/c1-31-12-6-9(2-3-11(12)26)20(30)34-18-10-4-5-32-21(14(10)23(8-25)19(18)36-23)35-22-17(29)16(28)15(27)13(7-24)33-22/h2-6,10,13-19,21-22,24-29H,7-8H2,1H3/t10-,13+,14+,15+,16+,17+,18+,19+,21+,22-,23+/m0/s1. The summed E-state index contributed by atoms with van der Waals surface area (Å²) in [5, 5.41) is 59.8. The molecule has 0 unspecified atom stereocenters. The summed E-state index contributed by atoms with van der Waals surface area (Å²) in [4.78, 5) is 12.9. The van der Waals surface area contributed by atoms with Crippen molar-refractivity contribution >= 4 is 5.97 Å². The number of rotatable bonds is 7. The fourth-order valence-corrected chi connectivity index (χ4v) is 5.28. The van der Waals surface area contributed by atoms with Crippen LogP contribution < -0.4 is 4.74 Å². The number of aromatic hydroxyl groups is 1. The molecule has 1 aliphatic carbocycles. The minimum absolute atomic E-state index is 0.0973. The monoisotopic (exact) mass is 512 g/mol. The second-order valence-corrected chi connectivity index (χ2v) is 9.18. The van der Waals surface area contributed by atoms with Crippen LogP contribution in [0.25, 0.3) is 0 Å². The summed E-state index contributed by atoms with van der Waals surface area (Å²) in [5.41, 5.74) is -1.03. The summed E-state index contributed by atoms with van der Waals surface area (Å²) < 4.78 is 33.4. The molecule has 1 aromatic carbocycles. The molecule has 0 bridgehead atoms. The SMILES string of the molecule is COc1cc(C(=O)O[C@@H]2[C@H]3C=CO[C@H](O[C@@H]4O[C@H](CO)[C@@H](O)[C@@H](O)[C@H]4O)[C@@H]3[C@@]3(CO)O[C@H]23)ccc1O. The number of hydrogen-bond donors (Lipinski definition) is 6. The third-order valence-electron chi connectivity index (χ3n) is 7.26. The van der Waals surface area contributed by atoms with E-state index in [4.69, 9.17) is 28.4 Å². The number of aliphatic hydroxyl groups is 5. The smallest absolute Gasteiger partial charge is 0.338 e. The molecular weight excluding hydrogens is 484 g/mol. The fraction of sp³-hybridized carbons (Fsp3) is 0.609. The zero-order valence-electron chi connectivity index (χ0n) is 19.1. The lowest BCUT2D eigenvalue weighted by Gasteiger charge is -2.43. The van der Waals surface area contributed by atoms with Crippen LogP contribution in [0.3, 0.4) is 0 Å². The van der Waals surface area contributed by atoms with Crippen molar-refractivity contribution < 1.29 is 63.9 Å². The van der Waals surface area contributed by atoms with Crippen molar-refractivity contribution in [1.29, 1.82) is 0 Å². The van der Waals surface area contributed by atoms with Crippen molar-refractivity contribution in [3.8, 4) is 11.5 Å². The number of methoxy groups -OCH3 is 1. The van der Waals surface area contributed by atoms with Gasteiger partial charge in [-0.15, -0.1) is 0 Å². The number of ether oxygens (including phenoxy) is 6. The highest BCUT2D eigenvalue weighted by Gasteiger charge is 2.77. The second-order valence-electron chi connectivity index (χ2n) is 9.18. The van der Waals surface area contributed by atoms with Crippen LogP contribution in [0.4, 0.5) is 0 Å². The molecule has 11 atom stereocenters. The van der Waals surface area contributed by atoms with E-state index in [-0.39, 0.29) is 17.1 Å². The minimum Gasteiger partial charge on any atom is -0.504 e. The van der Waals surface area contributed by atoms with Crippen LogP contribution in [0.1, 0.15) is 10.4 Å². The Labute approximate surface area is 205 Å². The summed E-state index contributed by atoms with van der Waals surface area (Å²) in [6.45, 7) is -1.07. The number of aliphatic hydroxyl groups excluding tert-OH is 5. The zero-order chi connectivity index (χ0) is 25.8.